The average molecular weight is 410 g/mol. The van der Waals surface area contributed by atoms with Crippen LogP contribution in [-0.2, 0) is 6.54 Å². The lowest BCUT2D eigenvalue weighted by Gasteiger charge is -2.36. The standard InChI is InChI=1S/C23H27FN4O2/c1-15(27-11-9-17(10-12-27)16-2-4-18(24)5-3-16)8-13-28-21-14-19(25)6-7-20(21)22(29)26-23(28)30/h2-7,14-15,17H,8-13,25H2,1H3,(H,26,29,30). The molecule has 1 atom stereocenters. The number of nitrogen functional groups attached to an aromatic ring is 1. The topological polar surface area (TPSA) is 84.1 Å². The van der Waals surface area contributed by atoms with Gasteiger partial charge in [0, 0.05) is 18.3 Å². The number of aromatic nitrogens is 2. The largest absolute Gasteiger partial charge is 0.399 e. The fourth-order valence-electron chi connectivity index (χ4n) is 4.43. The van der Waals surface area contributed by atoms with Crippen LogP contribution in [0, 0.1) is 5.82 Å². The van der Waals surface area contributed by atoms with Crippen molar-refractivity contribution in [3.05, 3.63) is 74.7 Å². The number of fused-ring (bicyclic) bond motifs is 1. The minimum absolute atomic E-state index is 0.198. The minimum Gasteiger partial charge on any atom is -0.399 e. The quantitative estimate of drug-likeness (QED) is 0.633. The number of halogens is 1. The SMILES string of the molecule is CC(CCn1c(=O)[nH]c(=O)c2ccc(N)cc21)N1CCC(c2ccc(F)cc2)CC1. The number of nitrogens with one attached hydrogen (secondary N) is 1. The van der Waals surface area contributed by atoms with Crippen LogP contribution in [0.5, 0.6) is 0 Å². The molecule has 1 unspecified atom stereocenters. The van der Waals surface area contributed by atoms with Gasteiger partial charge in [0.1, 0.15) is 5.82 Å². The lowest BCUT2D eigenvalue weighted by Crippen LogP contribution is -2.40. The highest BCUT2D eigenvalue weighted by Gasteiger charge is 2.24. The number of aryl methyl sites for hydroxylation is 1. The Morgan fingerprint density at radius 2 is 1.83 bits per heavy atom. The molecule has 2 heterocycles. The van der Waals surface area contributed by atoms with E-state index in [1.165, 1.54) is 17.7 Å². The highest BCUT2D eigenvalue weighted by atomic mass is 19.1. The van der Waals surface area contributed by atoms with E-state index in [1.54, 1.807) is 22.8 Å². The zero-order chi connectivity index (χ0) is 21.3. The first-order chi connectivity index (χ1) is 14.4. The normalized spacial score (nSPS) is 16.7. The second-order valence-corrected chi connectivity index (χ2v) is 8.19. The molecule has 0 bridgehead atoms. The summed E-state index contributed by atoms with van der Waals surface area (Å²) in [5.74, 6) is 0.263. The maximum Gasteiger partial charge on any atom is 0.328 e. The van der Waals surface area contributed by atoms with Gasteiger partial charge in [0.15, 0.2) is 0 Å². The van der Waals surface area contributed by atoms with Crippen LogP contribution in [0.1, 0.15) is 37.7 Å². The fourth-order valence-corrected chi connectivity index (χ4v) is 4.43. The van der Waals surface area contributed by atoms with Crippen molar-refractivity contribution >= 4 is 16.6 Å². The van der Waals surface area contributed by atoms with Crippen LogP contribution >= 0.6 is 0 Å². The lowest BCUT2D eigenvalue weighted by atomic mass is 9.89. The molecule has 30 heavy (non-hydrogen) atoms. The van der Waals surface area contributed by atoms with Crippen molar-refractivity contribution < 1.29 is 4.39 Å². The molecule has 6 nitrogen and oxygen atoms in total. The number of hydrogen-bond acceptors (Lipinski definition) is 4. The van der Waals surface area contributed by atoms with Crippen LogP contribution < -0.4 is 17.0 Å². The van der Waals surface area contributed by atoms with E-state index in [-0.39, 0.29) is 11.4 Å². The van der Waals surface area contributed by atoms with Crippen LogP contribution in [-0.4, -0.2) is 33.6 Å². The Morgan fingerprint density at radius 3 is 2.53 bits per heavy atom. The van der Waals surface area contributed by atoms with Gasteiger partial charge in [-0.15, -0.1) is 0 Å². The highest BCUT2D eigenvalue weighted by molar-refractivity contribution is 5.81. The Labute approximate surface area is 174 Å². The fraction of sp³-hybridized carbons (Fsp3) is 0.391. The van der Waals surface area contributed by atoms with Crippen LogP contribution in [0.3, 0.4) is 0 Å². The van der Waals surface area contributed by atoms with E-state index >= 15 is 0 Å². The van der Waals surface area contributed by atoms with Gasteiger partial charge < -0.3 is 10.6 Å². The second-order valence-electron chi connectivity index (χ2n) is 8.19. The van der Waals surface area contributed by atoms with Crippen LogP contribution in [0.4, 0.5) is 10.1 Å². The van der Waals surface area contributed by atoms with Gasteiger partial charge >= 0.3 is 5.69 Å². The predicted molar refractivity (Wildman–Crippen MR) is 117 cm³/mol. The van der Waals surface area contributed by atoms with E-state index in [4.69, 9.17) is 5.73 Å². The highest BCUT2D eigenvalue weighted by Crippen LogP contribution is 2.29. The number of aromatic amines is 1. The molecular weight excluding hydrogens is 383 g/mol. The van der Waals surface area contributed by atoms with Crippen LogP contribution in [0.2, 0.25) is 0 Å². The summed E-state index contributed by atoms with van der Waals surface area (Å²) < 4.78 is 14.8. The first kappa shape index (κ1) is 20.3. The Kier molecular flexibility index (Phi) is 5.72. The van der Waals surface area contributed by atoms with Gasteiger partial charge in [-0.1, -0.05) is 12.1 Å². The van der Waals surface area contributed by atoms with E-state index in [1.807, 2.05) is 12.1 Å². The average Bonchev–Trinajstić information content (AvgIpc) is 2.74. The molecule has 3 N–H and O–H groups in total. The number of anilines is 1. The van der Waals surface area contributed by atoms with Gasteiger partial charge in [-0.05, 0) is 81.1 Å². The number of hydrogen-bond donors (Lipinski definition) is 2. The monoisotopic (exact) mass is 410 g/mol. The third kappa shape index (κ3) is 4.16. The zero-order valence-corrected chi connectivity index (χ0v) is 17.1. The van der Waals surface area contributed by atoms with E-state index < -0.39 is 5.69 Å². The molecule has 0 saturated carbocycles. The molecule has 1 fully saturated rings. The maximum absolute atomic E-state index is 13.2. The Morgan fingerprint density at radius 1 is 1.13 bits per heavy atom. The van der Waals surface area contributed by atoms with E-state index in [0.29, 0.717) is 35.1 Å². The van der Waals surface area contributed by atoms with Crippen molar-refractivity contribution in [1.82, 2.24) is 14.5 Å². The lowest BCUT2D eigenvalue weighted by molar-refractivity contribution is 0.151. The molecule has 3 aromatic rings. The molecule has 4 rings (SSSR count). The summed E-state index contributed by atoms with van der Waals surface area (Å²) in [5, 5.41) is 0.469. The second kappa shape index (κ2) is 8.44. The Hall–Kier alpha value is -2.93. The van der Waals surface area contributed by atoms with Gasteiger partial charge in [-0.25, -0.2) is 9.18 Å². The van der Waals surface area contributed by atoms with Crippen molar-refractivity contribution in [2.75, 3.05) is 18.8 Å². The van der Waals surface area contributed by atoms with Gasteiger partial charge in [0.2, 0.25) is 0 Å². The summed E-state index contributed by atoms with van der Waals surface area (Å²) in [4.78, 5) is 29.3. The van der Waals surface area contributed by atoms with Crippen molar-refractivity contribution in [2.24, 2.45) is 0 Å². The molecule has 0 spiro atoms. The number of likely N-dealkylation sites (tertiary alicyclic amines) is 1. The first-order valence-corrected chi connectivity index (χ1v) is 10.4. The van der Waals surface area contributed by atoms with Gasteiger partial charge in [0.25, 0.3) is 5.56 Å². The maximum atomic E-state index is 13.2. The molecular formula is C23H27FN4O2. The molecule has 2 aromatic carbocycles. The van der Waals surface area contributed by atoms with E-state index in [2.05, 4.69) is 16.8 Å². The third-order valence-corrected chi connectivity index (χ3v) is 6.29. The summed E-state index contributed by atoms with van der Waals surface area (Å²) >= 11 is 0. The van der Waals surface area contributed by atoms with E-state index in [9.17, 15) is 14.0 Å². The number of piperidine rings is 1. The van der Waals surface area contributed by atoms with Gasteiger partial charge in [-0.3, -0.25) is 14.3 Å². The zero-order valence-electron chi connectivity index (χ0n) is 17.1. The molecule has 1 aliphatic heterocycles. The van der Waals surface area contributed by atoms with E-state index in [0.717, 1.165) is 32.4 Å². The molecule has 1 aromatic heterocycles. The molecule has 0 aliphatic carbocycles. The third-order valence-electron chi connectivity index (χ3n) is 6.29. The number of benzene rings is 2. The molecule has 7 heteroatoms. The molecule has 1 aliphatic rings. The smallest absolute Gasteiger partial charge is 0.328 e. The van der Waals surface area contributed by atoms with Crippen molar-refractivity contribution in [3.63, 3.8) is 0 Å². The minimum atomic E-state index is -0.402. The summed E-state index contributed by atoms with van der Waals surface area (Å²) in [6, 6.07) is 12.1. The Balaban J connectivity index is 1.42. The van der Waals surface area contributed by atoms with Gasteiger partial charge in [0.05, 0.1) is 10.9 Å². The van der Waals surface area contributed by atoms with Crippen LogP contribution in [0.25, 0.3) is 10.9 Å². The number of nitrogens with zero attached hydrogens (tertiary/aromatic N) is 2. The molecule has 0 radical (unpaired) electrons. The van der Waals surface area contributed by atoms with Crippen molar-refractivity contribution in [2.45, 2.75) is 44.7 Å². The summed E-state index contributed by atoms with van der Waals surface area (Å²) in [6.07, 6.45) is 2.86. The predicted octanol–water partition coefficient (Wildman–Crippen LogP) is 3.07. The number of rotatable bonds is 5. The van der Waals surface area contributed by atoms with Gasteiger partial charge in [-0.2, -0.15) is 0 Å². The van der Waals surface area contributed by atoms with Crippen molar-refractivity contribution in [1.29, 1.82) is 0 Å². The summed E-state index contributed by atoms with van der Waals surface area (Å²) in [7, 11) is 0. The summed E-state index contributed by atoms with van der Waals surface area (Å²) in [6.45, 7) is 4.62. The Bertz CT molecular complexity index is 1140. The van der Waals surface area contributed by atoms with Crippen molar-refractivity contribution in [3.8, 4) is 0 Å². The summed E-state index contributed by atoms with van der Waals surface area (Å²) in [5.41, 5.74) is 7.39. The first-order valence-electron chi connectivity index (χ1n) is 10.4. The number of H-pyrrole nitrogens is 1. The molecule has 158 valence electrons. The number of nitrogens with two attached hydrogens (primary N) is 1. The molecule has 1 saturated heterocycles. The van der Waals surface area contributed by atoms with Crippen LogP contribution in [0.15, 0.2) is 52.1 Å². The molecule has 0 amide bonds.